The highest BCUT2D eigenvalue weighted by molar-refractivity contribution is 5.97. The molecular formula is C16H22N2O4. The number of anilines is 1. The van der Waals surface area contributed by atoms with Crippen LogP contribution in [0, 0.1) is 5.92 Å². The molecule has 2 rings (SSSR count). The summed E-state index contributed by atoms with van der Waals surface area (Å²) in [7, 11) is 1.59. The van der Waals surface area contributed by atoms with E-state index in [2.05, 4.69) is 5.32 Å². The van der Waals surface area contributed by atoms with Gasteiger partial charge in [-0.3, -0.25) is 9.59 Å². The summed E-state index contributed by atoms with van der Waals surface area (Å²) in [6.07, 6.45) is 0.257. The molecular weight excluding hydrogens is 284 g/mol. The number of carbonyl (C=O) groups is 2. The van der Waals surface area contributed by atoms with Gasteiger partial charge in [0, 0.05) is 32.3 Å². The van der Waals surface area contributed by atoms with Crippen molar-refractivity contribution in [2.24, 2.45) is 5.92 Å². The first-order valence-electron chi connectivity index (χ1n) is 7.44. The molecule has 120 valence electrons. The predicted molar refractivity (Wildman–Crippen MR) is 82.8 cm³/mol. The fourth-order valence-corrected chi connectivity index (χ4v) is 2.41. The molecule has 1 N–H and O–H groups in total. The third kappa shape index (κ3) is 4.21. The molecule has 1 fully saturated rings. The summed E-state index contributed by atoms with van der Waals surface area (Å²) in [4.78, 5) is 25.7. The number of benzene rings is 1. The first kappa shape index (κ1) is 16.3. The molecule has 1 aliphatic heterocycles. The van der Waals surface area contributed by atoms with Crippen molar-refractivity contribution in [2.45, 2.75) is 13.3 Å². The van der Waals surface area contributed by atoms with Crippen molar-refractivity contribution in [3.05, 3.63) is 24.3 Å². The summed E-state index contributed by atoms with van der Waals surface area (Å²) >= 11 is 0. The standard InChI is InChI=1S/C16H22N2O4/c1-3-22-14-6-4-13(5-7-14)17-16(20)12-10-15(19)18(11-12)8-9-21-2/h4-7,12H,3,8-11H2,1-2H3,(H,17,20). The molecule has 1 saturated heterocycles. The summed E-state index contributed by atoms with van der Waals surface area (Å²) in [5.41, 5.74) is 0.705. The van der Waals surface area contributed by atoms with Crippen molar-refractivity contribution in [3.8, 4) is 5.75 Å². The Bertz CT molecular complexity index is 515. The van der Waals surface area contributed by atoms with Crippen LogP contribution in [-0.2, 0) is 14.3 Å². The fraction of sp³-hybridized carbons (Fsp3) is 0.500. The van der Waals surface area contributed by atoms with Crippen LogP contribution in [-0.4, -0.2) is 50.1 Å². The highest BCUT2D eigenvalue weighted by Crippen LogP contribution is 2.21. The van der Waals surface area contributed by atoms with E-state index in [0.717, 1.165) is 5.75 Å². The van der Waals surface area contributed by atoms with Gasteiger partial charge in [-0.25, -0.2) is 0 Å². The summed E-state index contributed by atoms with van der Waals surface area (Å²) in [5, 5.41) is 2.85. The number of likely N-dealkylation sites (tertiary alicyclic amines) is 1. The molecule has 1 aromatic carbocycles. The number of methoxy groups -OCH3 is 1. The number of rotatable bonds is 7. The minimum Gasteiger partial charge on any atom is -0.494 e. The van der Waals surface area contributed by atoms with Gasteiger partial charge in [-0.05, 0) is 31.2 Å². The average Bonchev–Trinajstić information content (AvgIpc) is 2.88. The minimum absolute atomic E-state index is 0.00361. The van der Waals surface area contributed by atoms with Crippen molar-refractivity contribution < 1.29 is 19.1 Å². The van der Waals surface area contributed by atoms with E-state index >= 15 is 0 Å². The van der Waals surface area contributed by atoms with E-state index in [9.17, 15) is 9.59 Å². The SMILES string of the molecule is CCOc1ccc(NC(=O)C2CC(=O)N(CCOC)C2)cc1. The second kappa shape index (κ2) is 7.79. The summed E-state index contributed by atoms with van der Waals surface area (Å²) in [6, 6.07) is 7.21. The van der Waals surface area contributed by atoms with E-state index in [1.807, 2.05) is 19.1 Å². The molecule has 0 saturated carbocycles. The van der Waals surface area contributed by atoms with Crippen LogP contribution in [0.4, 0.5) is 5.69 Å². The Labute approximate surface area is 130 Å². The van der Waals surface area contributed by atoms with E-state index in [1.165, 1.54) is 0 Å². The Balaban J connectivity index is 1.88. The van der Waals surface area contributed by atoms with Crippen LogP contribution in [0.1, 0.15) is 13.3 Å². The van der Waals surface area contributed by atoms with E-state index in [0.29, 0.717) is 32.0 Å². The van der Waals surface area contributed by atoms with Gasteiger partial charge in [0.15, 0.2) is 0 Å². The quantitative estimate of drug-likeness (QED) is 0.829. The molecule has 1 atom stereocenters. The molecule has 1 heterocycles. The third-order valence-corrected chi connectivity index (χ3v) is 3.58. The van der Waals surface area contributed by atoms with Crippen LogP contribution in [0.2, 0.25) is 0 Å². The number of amides is 2. The van der Waals surface area contributed by atoms with Crippen molar-refractivity contribution in [1.82, 2.24) is 4.90 Å². The molecule has 1 aromatic rings. The lowest BCUT2D eigenvalue weighted by atomic mass is 10.1. The van der Waals surface area contributed by atoms with Gasteiger partial charge >= 0.3 is 0 Å². The normalized spacial score (nSPS) is 17.6. The van der Waals surface area contributed by atoms with Crippen LogP contribution in [0.3, 0.4) is 0 Å². The van der Waals surface area contributed by atoms with Gasteiger partial charge in [0.25, 0.3) is 0 Å². The molecule has 6 nitrogen and oxygen atoms in total. The smallest absolute Gasteiger partial charge is 0.229 e. The minimum atomic E-state index is -0.309. The maximum Gasteiger partial charge on any atom is 0.229 e. The fourth-order valence-electron chi connectivity index (χ4n) is 2.41. The number of nitrogens with one attached hydrogen (secondary N) is 1. The lowest BCUT2D eigenvalue weighted by Crippen LogP contribution is -2.30. The Morgan fingerprint density at radius 3 is 2.73 bits per heavy atom. The lowest BCUT2D eigenvalue weighted by molar-refractivity contribution is -0.128. The van der Waals surface area contributed by atoms with Gasteiger partial charge in [0.2, 0.25) is 11.8 Å². The maximum atomic E-state index is 12.2. The van der Waals surface area contributed by atoms with Crippen LogP contribution in [0.5, 0.6) is 5.75 Å². The van der Waals surface area contributed by atoms with E-state index < -0.39 is 0 Å². The third-order valence-electron chi connectivity index (χ3n) is 3.58. The first-order chi connectivity index (χ1) is 10.6. The summed E-state index contributed by atoms with van der Waals surface area (Å²) in [5.74, 6) is 0.333. The van der Waals surface area contributed by atoms with Crippen LogP contribution < -0.4 is 10.1 Å². The molecule has 0 spiro atoms. The number of nitrogens with zero attached hydrogens (tertiary/aromatic N) is 1. The number of hydrogen-bond donors (Lipinski definition) is 1. The number of hydrogen-bond acceptors (Lipinski definition) is 4. The summed E-state index contributed by atoms with van der Waals surface area (Å²) < 4.78 is 10.3. The number of carbonyl (C=O) groups excluding carboxylic acids is 2. The average molecular weight is 306 g/mol. The number of ether oxygens (including phenoxy) is 2. The van der Waals surface area contributed by atoms with Crippen molar-refractivity contribution in [1.29, 1.82) is 0 Å². The van der Waals surface area contributed by atoms with Crippen molar-refractivity contribution in [2.75, 3.05) is 38.7 Å². The van der Waals surface area contributed by atoms with E-state index in [1.54, 1.807) is 24.1 Å². The van der Waals surface area contributed by atoms with Gasteiger partial charge in [-0.1, -0.05) is 0 Å². The van der Waals surface area contributed by atoms with Crippen LogP contribution >= 0.6 is 0 Å². The highest BCUT2D eigenvalue weighted by atomic mass is 16.5. The van der Waals surface area contributed by atoms with Crippen molar-refractivity contribution >= 4 is 17.5 Å². The molecule has 0 aliphatic carbocycles. The Hall–Kier alpha value is -2.08. The first-order valence-corrected chi connectivity index (χ1v) is 7.44. The molecule has 0 aromatic heterocycles. The zero-order valence-electron chi connectivity index (χ0n) is 13.0. The second-order valence-corrected chi connectivity index (χ2v) is 5.18. The van der Waals surface area contributed by atoms with Crippen LogP contribution in [0.15, 0.2) is 24.3 Å². The van der Waals surface area contributed by atoms with E-state index in [-0.39, 0.29) is 24.2 Å². The molecule has 2 amide bonds. The molecule has 0 radical (unpaired) electrons. The summed E-state index contributed by atoms with van der Waals surface area (Å²) in [6.45, 7) is 3.99. The zero-order chi connectivity index (χ0) is 15.9. The van der Waals surface area contributed by atoms with Gasteiger partial charge in [-0.15, -0.1) is 0 Å². The zero-order valence-corrected chi connectivity index (χ0v) is 13.0. The van der Waals surface area contributed by atoms with Gasteiger partial charge in [0.1, 0.15) is 5.75 Å². The Morgan fingerprint density at radius 1 is 1.36 bits per heavy atom. The Morgan fingerprint density at radius 2 is 2.09 bits per heavy atom. The van der Waals surface area contributed by atoms with Crippen LogP contribution in [0.25, 0.3) is 0 Å². The Kier molecular flexibility index (Phi) is 5.77. The van der Waals surface area contributed by atoms with Gasteiger partial charge in [0.05, 0.1) is 19.1 Å². The second-order valence-electron chi connectivity index (χ2n) is 5.18. The molecule has 22 heavy (non-hydrogen) atoms. The molecule has 1 unspecified atom stereocenters. The van der Waals surface area contributed by atoms with Crippen molar-refractivity contribution in [3.63, 3.8) is 0 Å². The monoisotopic (exact) mass is 306 g/mol. The van der Waals surface area contributed by atoms with Gasteiger partial charge in [-0.2, -0.15) is 0 Å². The predicted octanol–water partition coefficient (Wildman–Crippen LogP) is 1.52. The molecule has 1 aliphatic rings. The van der Waals surface area contributed by atoms with E-state index in [4.69, 9.17) is 9.47 Å². The highest BCUT2D eigenvalue weighted by Gasteiger charge is 2.33. The lowest BCUT2D eigenvalue weighted by Gasteiger charge is -2.15. The molecule has 6 heteroatoms. The largest absolute Gasteiger partial charge is 0.494 e. The molecule has 0 bridgehead atoms. The maximum absolute atomic E-state index is 12.2. The topological polar surface area (TPSA) is 67.9 Å². The van der Waals surface area contributed by atoms with Gasteiger partial charge < -0.3 is 19.7 Å².